The maximum Gasteiger partial charge on any atom is 0.125 e. The number of nitrogens with two attached hydrogens (primary N) is 1. The van der Waals surface area contributed by atoms with Gasteiger partial charge in [-0.3, -0.25) is 0 Å². The average Bonchev–Trinajstić information content (AvgIpc) is 2.52. The highest BCUT2D eigenvalue weighted by Gasteiger charge is 2.15. The molecule has 4 heteroatoms. The fourth-order valence-electron chi connectivity index (χ4n) is 2.40. The lowest BCUT2D eigenvalue weighted by Gasteiger charge is -2.27. The summed E-state index contributed by atoms with van der Waals surface area (Å²) in [5.41, 5.74) is 8.10. The SMILES string of the molecule is CCN(CC(N)c1ccccc1OC)c1cccc(F)c1. The number of benzene rings is 2. The van der Waals surface area contributed by atoms with Gasteiger partial charge < -0.3 is 15.4 Å². The smallest absolute Gasteiger partial charge is 0.125 e. The molecule has 2 N–H and O–H groups in total. The number of halogens is 1. The van der Waals surface area contributed by atoms with Crippen LogP contribution >= 0.6 is 0 Å². The number of hydrogen-bond acceptors (Lipinski definition) is 3. The van der Waals surface area contributed by atoms with E-state index >= 15 is 0 Å². The van der Waals surface area contributed by atoms with Gasteiger partial charge >= 0.3 is 0 Å². The number of rotatable bonds is 6. The fraction of sp³-hybridized carbons (Fsp3) is 0.294. The summed E-state index contributed by atoms with van der Waals surface area (Å²) in [6.45, 7) is 3.38. The van der Waals surface area contributed by atoms with Crippen molar-refractivity contribution in [3.05, 3.63) is 59.9 Å². The van der Waals surface area contributed by atoms with E-state index in [9.17, 15) is 4.39 Å². The Balaban J connectivity index is 2.18. The first-order chi connectivity index (χ1) is 10.2. The van der Waals surface area contributed by atoms with Gasteiger partial charge in [-0.15, -0.1) is 0 Å². The predicted molar refractivity (Wildman–Crippen MR) is 84.2 cm³/mol. The highest BCUT2D eigenvalue weighted by Crippen LogP contribution is 2.25. The first-order valence-corrected chi connectivity index (χ1v) is 7.04. The van der Waals surface area contributed by atoms with Gasteiger partial charge in [0.2, 0.25) is 0 Å². The third kappa shape index (κ3) is 3.73. The fourth-order valence-corrected chi connectivity index (χ4v) is 2.40. The highest BCUT2D eigenvalue weighted by molar-refractivity contribution is 5.47. The molecule has 2 aromatic carbocycles. The van der Waals surface area contributed by atoms with Crippen LogP contribution in [0.4, 0.5) is 10.1 Å². The number of methoxy groups -OCH3 is 1. The second kappa shape index (κ2) is 7.09. The van der Waals surface area contributed by atoms with E-state index < -0.39 is 0 Å². The van der Waals surface area contributed by atoms with Crippen molar-refractivity contribution in [2.75, 3.05) is 25.1 Å². The van der Waals surface area contributed by atoms with Gasteiger partial charge in [-0.1, -0.05) is 24.3 Å². The van der Waals surface area contributed by atoms with Crippen molar-refractivity contribution in [3.8, 4) is 5.75 Å². The van der Waals surface area contributed by atoms with E-state index in [1.54, 1.807) is 13.2 Å². The van der Waals surface area contributed by atoms with Crippen LogP contribution in [0.3, 0.4) is 0 Å². The van der Waals surface area contributed by atoms with E-state index in [0.717, 1.165) is 23.5 Å². The molecule has 21 heavy (non-hydrogen) atoms. The Kier molecular flexibility index (Phi) is 5.17. The van der Waals surface area contributed by atoms with Crippen molar-refractivity contribution >= 4 is 5.69 Å². The van der Waals surface area contributed by atoms with Gasteiger partial charge in [0.15, 0.2) is 0 Å². The molecule has 0 aliphatic rings. The van der Waals surface area contributed by atoms with Gasteiger partial charge in [0.25, 0.3) is 0 Å². The molecular formula is C17H21FN2O. The molecule has 0 aliphatic carbocycles. The summed E-state index contributed by atoms with van der Waals surface area (Å²) in [5, 5.41) is 0. The largest absolute Gasteiger partial charge is 0.496 e. The van der Waals surface area contributed by atoms with Crippen LogP contribution < -0.4 is 15.4 Å². The summed E-state index contributed by atoms with van der Waals surface area (Å²) in [6, 6.07) is 14.1. The Morgan fingerprint density at radius 2 is 1.95 bits per heavy atom. The molecule has 0 heterocycles. The third-order valence-corrected chi connectivity index (χ3v) is 3.51. The van der Waals surface area contributed by atoms with E-state index in [4.69, 9.17) is 10.5 Å². The molecular weight excluding hydrogens is 267 g/mol. The summed E-state index contributed by atoms with van der Waals surface area (Å²) in [4.78, 5) is 2.06. The minimum Gasteiger partial charge on any atom is -0.496 e. The van der Waals surface area contributed by atoms with Crippen molar-refractivity contribution < 1.29 is 9.13 Å². The van der Waals surface area contributed by atoms with Crippen LogP contribution in [0, 0.1) is 5.82 Å². The molecule has 112 valence electrons. The van der Waals surface area contributed by atoms with Gasteiger partial charge in [-0.05, 0) is 31.2 Å². The Bertz CT molecular complexity index is 589. The molecule has 1 atom stereocenters. The third-order valence-electron chi connectivity index (χ3n) is 3.51. The van der Waals surface area contributed by atoms with Crippen LogP contribution in [-0.2, 0) is 0 Å². The Labute approximate surface area is 125 Å². The molecule has 0 saturated heterocycles. The maximum absolute atomic E-state index is 13.4. The molecule has 0 radical (unpaired) electrons. The number of likely N-dealkylation sites (N-methyl/N-ethyl adjacent to an activating group) is 1. The number of para-hydroxylation sites is 1. The number of hydrogen-bond donors (Lipinski definition) is 1. The zero-order valence-electron chi connectivity index (χ0n) is 12.4. The van der Waals surface area contributed by atoms with Gasteiger partial charge in [0, 0.05) is 24.3 Å². The molecule has 0 bridgehead atoms. The molecule has 3 nitrogen and oxygen atoms in total. The molecule has 0 fully saturated rings. The first-order valence-electron chi connectivity index (χ1n) is 7.04. The topological polar surface area (TPSA) is 38.5 Å². The molecule has 1 unspecified atom stereocenters. The van der Waals surface area contributed by atoms with Crippen molar-refractivity contribution in [3.63, 3.8) is 0 Å². The summed E-state index contributed by atoms with van der Waals surface area (Å²) in [6.07, 6.45) is 0. The van der Waals surface area contributed by atoms with Crippen molar-refractivity contribution in [2.24, 2.45) is 5.73 Å². The Morgan fingerprint density at radius 1 is 1.19 bits per heavy atom. The monoisotopic (exact) mass is 288 g/mol. The van der Waals surface area contributed by atoms with Gasteiger partial charge in [0.05, 0.1) is 13.2 Å². The van der Waals surface area contributed by atoms with E-state index in [1.807, 2.05) is 37.3 Å². The normalized spacial score (nSPS) is 12.0. The summed E-state index contributed by atoms with van der Waals surface area (Å²) < 4.78 is 18.7. The maximum atomic E-state index is 13.4. The van der Waals surface area contributed by atoms with Crippen molar-refractivity contribution in [2.45, 2.75) is 13.0 Å². The van der Waals surface area contributed by atoms with Crippen LogP contribution in [0.2, 0.25) is 0 Å². The summed E-state index contributed by atoms with van der Waals surface area (Å²) in [7, 11) is 1.63. The predicted octanol–water partition coefficient (Wildman–Crippen LogP) is 3.36. The summed E-state index contributed by atoms with van der Waals surface area (Å²) >= 11 is 0. The Morgan fingerprint density at radius 3 is 2.62 bits per heavy atom. The van der Waals surface area contributed by atoms with Crippen LogP contribution in [0.5, 0.6) is 5.75 Å². The number of nitrogens with zero attached hydrogens (tertiary/aromatic N) is 1. The van der Waals surface area contributed by atoms with Crippen molar-refractivity contribution in [1.29, 1.82) is 0 Å². The first kappa shape index (κ1) is 15.3. The minimum absolute atomic E-state index is 0.204. The molecule has 0 aromatic heterocycles. The van der Waals surface area contributed by atoms with Crippen LogP contribution in [-0.4, -0.2) is 20.2 Å². The molecule has 0 saturated carbocycles. The number of ether oxygens (including phenoxy) is 1. The van der Waals surface area contributed by atoms with E-state index in [-0.39, 0.29) is 11.9 Å². The molecule has 2 aromatic rings. The highest BCUT2D eigenvalue weighted by atomic mass is 19.1. The van der Waals surface area contributed by atoms with E-state index in [0.29, 0.717) is 6.54 Å². The molecule has 0 aliphatic heterocycles. The van der Waals surface area contributed by atoms with Crippen LogP contribution in [0.1, 0.15) is 18.5 Å². The second-order valence-corrected chi connectivity index (χ2v) is 4.87. The van der Waals surface area contributed by atoms with Crippen molar-refractivity contribution in [1.82, 2.24) is 0 Å². The molecule has 2 rings (SSSR count). The Hall–Kier alpha value is -2.07. The second-order valence-electron chi connectivity index (χ2n) is 4.87. The minimum atomic E-state index is -0.239. The lowest BCUT2D eigenvalue weighted by atomic mass is 10.1. The zero-order chi connectivity index (χ0) is 15.2. The van der Waals surface area contributed by atoms with Crippen LogP contribution in [0.15, 0.2) is 48.5 Å². The lowest BCUT2D eigenvalue weighted by molar-refractivity contribution is 0.405. The summed E-state index contributed by atoms with van der Waals surface area (Å²) in [5.74, 6) is 0.539. The van der Waals surface area contributed by atoms with Gasteiger partial charge in [-0.2, -0.15) is 0 Å². The standard InChI is InChI=1S/C17H21FN2O/c1-3-20(14-8-6-7-13(18)11-14)12-16(19)15-9-4-5-10-17(15)21-2/h4-11,16H,3,12,19H2,1-2H3. The number of anilines is 1. The van der Waals surface area contributed by atoms with Crippen LogP contribution in [0.25, 0.3) is 0 Å². The zero-order valence-corrected chi connectivity index (χ0v) is 12.4. The molecule has 0 spiro atoms. The molecule has 0 amide bonds. The van der Waals surface area contributed by atoms with Gasteiger partial charge in [-0.25, -0.2) is 4.39 Å². The van der Waals surface area contributed by atoms with E-state index in [1.165, 1.54) is 12.1 Å². The quantitative estimate of drug-likeness (QED) is 0.886. The van der Waals surface area contributed by atoms with Gasteiger partial charge in [0.1, 0.15) is 11.6 Å². The lowest BCUT2D eigenvalue weighted by Crippen LogP contribution is -2.32. The van der Waals surface area contributed by atoms with E-state index in [2.05, 4.69) is 4.90 Å². The average molecular weight is 288 g/mol.